The Morgan fingerprint density at radius 2 is 2.25 bits per heavy atom. The summed E-state index contributed by atoms with van der Waals surface area (Å²) in [5.41, 5.74) is 0. The molecule has 0 aliphatic rings. The molecule has 0 fully saturated rings. The summed E-state index contributed by atoms with van der Waals surface area (Å²) in [7, 11) is 0. The van der Waals surface area contributed by atoms with E-state index < -0.39 is 10.2 Å². The van der Waals surface area contributed by atoms with Crippen LogP contribution in [0.2, 0.25) is 0 Å². The molecule has 0 heterocycles. The Kier molecular flexibility index (Phi) is 5.03. The minimum atomic E-state index is -1.95. The highest BCUT2D eigenvalue weighted by Gasteiger charge is 2.32. The van der Waals surface area contributed by atoms with E-state index in [1.165, 1.54) is 6.07 Å². The molecule has 0 saturated carbocycles. The molecule has 0 aromatic carbocycles. The number of halogens is 2. The van der Waals surface area contributed by atoms with Crippen LogP contribution in [0.3, 0.4) is 0 Å². The van der Waals surface area contributed by atoms with Crippen LogP contribution in [0, 0.1) is 11.3 Å². The highest BCUT2D eigenvalue weighted by atomic mass is 35.5. The summed E-state index contributed by atoms with van der Waals surface area (Å²) in [5.74, 6) is -0.651. The first-order valence-corrected chi connectivity index (χ1v) is 4.37. The van der Waals surface area contributed by atoms with Gasteiger partial charge in [-0.05, 0) is 6.42 Å². The minimum Gasteiger partial charge on any atom is -0.353 e. The van der Waals surface area contributed by atoms with Crippen LogP contribution >= 0.6 is 23.2 Å². The summed E-state index contributed by atoms with van der Waals surface area (Å²) in [4.78, 5) is 11.0. The Hall–Kier alpha value is -0.460. The summed E-state index contributed by atoms with van der Waals surface area (Å²) in [5, 5.41) is 10.8. The molecule has 0 radical (unpaired) electrons. The number of nitrogens with zero attached hydrogens (tertiary/aromatic N) is 1. The highest BCUT2D eigenvalue weighted by molar-refractivity contribution is 6.60. The van der Waals surface area contributed by atoms with Crippen molar-refractivity contribution in [3.05, 3.63) is 0 Å². The second kappa shape index (κ2) is 5.23. The van der Waals surface area contributed by atoms with Crippen molar-refractivity contribution in [3.63, 3.8) is 0 Å². The van der Waals surface area contributed by atoms with Crippen LogP contribution in [0.4, 0.5) is 0 Å². The van der Waals surface area contributed by atoms with Crippen molar-refractivity contribution in [1.82, 2.24) is 5.32 Å². The zero-order chi connectivity index (χ0) is 9.61. The fourth-order valence-electron chi connectivity index (χ4n) is 0.540. The van der Waals surface area contributed by atoms with E-state index in [2.05, 4.69) is 5.32 Å². The second-order valence-electron chi connectivity index (χ2n) is 2.30. The molecule has 1 N–H and O–H groups in total. The largest absolute Gasteiger partial charge is 0.353 e. The van der Waals surface area contributed by atoms with E-state index in [0.29, 0.717) is 6.54 Å². The third-order valence-electron chi connectivity index (χ3n) is 1.24. The van der Waals surface area contributed by atoms with Gasteiger partial charge >= 0.3 is 0 Å². The number of carbonyl (C=O) groups is 1. The second-order valence-corrected chi connectivity index (χ2v) is 3.62. The standard InChI is InChI=1S/C7H10Cl2N2O/c1-2-3-4-11-6(12)7(8,9)5-10/h2-4H2,1H3,(H,11,12). The van der Waals surface area contributed by atoms with Crippen LogP contribution in [0.5, 0.6) is 0 Å². The molecule has 0 aromatic rings. The molecule has 0 bridgehead atoms. The fourth-order valence-corrected chi connectivity index (χ4v) is 0.674. The van der Waals surface area contributed by atoms with Gasteiger partial charge in [-0.1, -0.05) is 36.5 Å². The van der Waals surface area contributed by atoms with Crippen LogP contribution in [0.15, 0.2) is 0 Å². The number of rotatable bonds is 4. The molecule has 1 amide bonds. The van der Waals surface area contributed by atoms with Crippen molar-refractivity contribution in [1.29, 1.82) is 5.26 Å². The molecular weight excluding hydrogens is 199 g/mol. The summed E-state index contributed by atoms with van der Waals surface area (Å²) < 4.78 is -1.95. The van der Waals surface area contributed by atoms with Gasteiger partial charge in [-0.2, -0.15) is 5.26 Å². The molecule has 68 valence electrons. The van der Waals surface area contributed by atoms with Gasteiger partial charge in [0.25, 0.3) is 10.2 Å². The predicted molar refractivity (Wildman–Crippen MR) is 48.0 cm³/mol. The van der Waals surface area contributed by atoms with Crippen molar-refractivity contribution < 1.29 is 4.79 Å². The lowest BCUT2D eigenvalue weighted by molar-refractivity contribution is -0.120. The molecule has 0 rings (SSSR count). The lowest BCUT2D eigenvalue weighted by atomic mass is 10.3. The number of nitriles is 1. The van der Waals surface area contributed by atoms with Gasteiger partial charge in [-0.3, -0.25) is 4.79 Å². The molecule has 0 aromatic heterocycles. The SMILES string of the molecule is CCCCNC(=O)C(Cl)(Cl)C#N. The molecule has 5 heteroatoms. The van der Waals surface area contributed by atoms with E-state index >= 15 is 0 Å². The van der Waals surface area contributed by atoms with Crippen LogP contribution < -0.4 is 5.32 Å². The maximum Gasteiger partial charge on any atom is 0.281 e. The number of hydrogen-bond donors (Lipinski definition) is 1. The van der Waals surface area contributed by atoms with Crippen molar-refractivity contribution in [3.8, 4) is 6.07 Å². The van der Waals surface area contributed by atoms with Crippen molar-refractivity contribution in [2.75, 3.05) is 6.54 Å². The first kappa shape index (κ1) is 11.5. The summed E-state index contributed by atoms with van der Waals surface area (Å²) in [6.07, 6.45) is 1.81. The van der Waals surface area contributed by atoms with E-state index in [9.17, 15) is 4.79 Å². The zero-order valence-corrected chi connectivity index (χ0v) is 8.24. The Balaban J connectivity index is 3.82. The fraction of sp³-hybridized carbons (Fsp3) is 0.714. The third-order valence-corrected chi connectivity index (χ3v) is 1.75. The van der Waals surface area contributed by atoms with E-state index in [0.717, 1.165) is 12.8 Å². The maximum absolute atomic E-state index is 11.0. The molecular formula is C7H10Cl2N2O. The van der Waals surface area contributed by atoms with Crippen LogP contribution in [0.1, 0.15) is 19.8 Å². The molecule has 0 unspecified atom stereocenters. The smallest absolute Gasteiger partial charge is 0.281 e. The van der Waals surface area contributed by atoms with E-state index in [1.807, 2.05) is 6.92 Å². The van der Waals surface area contributed by atoms with Gasteiger partial charge in [0, 0.05) is 6.54 Å². The number of unbranched alkanes of at least 4 members (excludes halogenated alkanes) is 1. The Morgan fingerprint density at radius 3 is 2.67 bits per heavy atom. The van der Waals surface area contributed by atoms with Gasteiger partial charge < -0.3 is 5.32 Å². The lowest BCUT2D eigenvalue weighted by Crippen LogP contribution is -2.37. The van der Waals surface area contributed by atoms with Crippen molar-refractivity contribution in [2.45, 2.75) is 24.1 Å². The van der Waals surface area contributed by atoms with Crippen LogP contribution in [-0.2, 0) is 4.79 Å². The molecule has 0 aliphatic carbocycles. The highest BCUT2D eigenvalue weighted by Crippen LogP contribution is 2.19. The first-order valence-electron chi connectivity index (χ1n) is 3.62. The molecule has 12 heavy (non-hydrogen) atoms. The van der Waals surface area contributed by atoms with Gasteiger partial charge in [0.15, 0.2) is 0 Å². The summed E-state index contributed by atoms with van der Waals surface area (Å²) >= 11 is 10.7. The van der Waals surface area contributed by atoms with Crippen LogP contribution in [0.25, 0.3) is 0 Å². The number of amides is 1. The lowest BCUT2D eigenvalue weighted by Gasteiger charge is -2.09. The Bertz CT molecular complexity index is 198. The predicted octanol–water partition coefficient (Wildman–Crippen LogP) is 1.60. The zero-order valence-electron chi connectivity index (χ0n) is 6.73. The topological polar surface area (TPSA) is 52.9 Å². The summed E-state index contributed by atoms with van der Waals surface area (Å²) in [6, 6.07) is 1.49. The number of carbonyl (C=O) groups excluding carboxylic acids is 1. The Morgan fingerprint density at radius 1 is 1.67 bits per heavy atom. The average molecular weight is 209 g/mol. The van der Waals surface area contributed by atoms with Crippen molar-refractivity contribution in [2.24, 2.45) is 0 Å². The summed E-state index contributed by atoms with van der Waals surface area (Å²) in [6.45, 7) is 2.49. The number of alkyl halides is 2. The van der Waals surface area contributed by atoms with E-state index in [-0.39, 0.29) is 0 Å². The maximum atomic E-state index is 11.0. The van der Waals surface area contributed by atoms with E-state index in [1.54, 1.807) is 0 Å². The minimum absolute atomic E-state index is 0.498. The number of hydrogen-bond acceptors (Lipinski definition) is 2. The van der Waals surface area contributed by atoms with Gasteiger partial charge in [0.05, 0.1) is 0 Å². The number of nitrogens with one attached hydrogen (secondary N) is 1. The van der Waals surface area contributed by atoms with Crippen LogP contribution in [-0.4, -0.2) is 16.8 Å². The van der Waals surface area contributed by atoms with Gasteiger partial charge in [-0.15, -0.1) is 0 Å². The molecule has 3 nitrogen and oxygen atoms in total. The Labute approximate surface area is 81.6 Å². The molecule has 0 saturated heterocycles. The quantitative estimate of drug-likeness (QED) is 0.564. The monoisotopic (exact) mass is 208 g/mol. The average Bonchev–Trinajstić information content (AvgIpc) is 2.05. The molecule has 0 atom stereocenters. The van der Waals surface area contributed by atoms with Crippen molar-refractivity contribution >= 4 is 29.1 Å². The third kappa shape index (κ3) is 3.80. The molecule has 0 spiro atoms. The molecule has 0 aliphatic heterocycles. The van der Waals surface area contributed by atoms with Gasteiger partial charge in [-0.25, -0.2) is 0 Å². The van der Waals surface area contributed by atoms with E-state index in [4.69, 9.17) is 28.5 Å². The van der Waals surface area contributed by atoms with Gasteiger partial charge in [0.1, 0.15) is 6.07 Å². The first-order chi connectivity index (χ1) is 5.54. The van der Waals surface area contributed by atoms with Gasteiger partial charge in [0.2, 0.25) is 0 Å². The normalized spacial score (nSPS) is 10.5.